The van der Waals surface area contributed by atoms with Gasteiger partial charge in [0.25, 0.3) is 5.91 Å². The van der Waals surface area contributed by atoms with Gasteiger partial charge in [-0.15, -0.1) is 11.3 Å². The molecule has 2 atom stereocenters. The van der Waals surface area contributed by atoms with Gasteiger partial charge in [-0.05, 0) is 36.8 Å². The number of aryl methyl sites for hydroxylation is 1. The number of nitrogens with two attached hydrogens (primary N) is 1. The molecule has 1 saturated carbocycles. The summed E-state index contributed by atoms with van der Waals surface area (Å²) in [6.45, 7) is 2.19. The van der Waals surface area contributed by atoms with E-state index in [1.807, 2.05) is 18.4 Å². The molecule has 1 amide bonds. The number of hydrogen-bond acceptors (Lipinski definition) is 5. The van der Waals surface area contributed by atoms with Crippen molar-refractivity contribution >= 4 is 23.1 Å². The maximum absolute atomic E-state index is 15.0. The van der Waals surface area contributed by atoms with Crippen LogP contribution in [-0.4, -0.2) is 23.0 Å². The second-order valence-corrected chi connectivity index (χ2v) is 7.76. The molecule has 4 rings (SSSR count). The van der Waals surface area contributed by atoms with Gasteiger partial charge < -0.3 is 16.4 Å². The van der Waals surface area contributed by atoms with Crippen LogP contribution in [0.1, 0.15) is 47.2 Å². The number of hydrogen-bond donors (Lipinski definition) is 3. The normalized spacial score (nSPS) is 22.6. The largest absolute Gasteiger partial charge is 0.363 e. The third-order valence-corrected chi connectivity index (χ3v) is 6.05. The zero-order chi connectivity index (χ0) is 17.6. The maximum atomic E-state index is 15.0. The summed E-state index contributed by atoms with van der Waals surface area (Å²) in [5, 5.41) is 7.93. The van der Waals surface area contributed by atoms with E-state index < -0.39 is 5.82 Å². The number of thiophene rings is 1. The molecule has 2 unspecified atom stereocenters. The number of amides is 1. The average Bonchev–Trinajstić information content (AvgIpc) is 3.19. The van der Waals surface area contributed by atoms with Crippen LogP contribution in [0, 0.1) is 12.7 Å². The fourth-order valence-electron chi connectivity index (χ4n) is 3.62. The highest BCUT2D eigenvalue weighted by Gasteiger charge is 2.32. The number of rotatable bonds is 3. The number of aromatic nitrogens is 1. The van der Waals surface area contributed by atoms with E-state index in [-0.39, 0.29) is 30.4 Å². The number of fused-ring (bicyclic) bond motifs is 1. The molecule has 25 heavy (non-hydrogen) atoms. The lowest BCUT2D eigenvalue weighted by molar-refractivity contribution is 0.0966. The molecule has 1 fully saturated rings. The standard InChI is InChI=1S/C18H21FN4OS/c1-9-6-13(25-8-9)16-14-10(7-21-18(14)24)15(19)17(23-16)22-12-5-3-2-4-11(12)20/h6,8,11-12H,2-5,7,20H2,1H3,(H,21,24)(H,22,23). The first-order chi connectivity index (χ1) is 12.0. The highest BCUT2D eigenvalue weighted by Crippen LogP contribution is 2.36. The molecular formula is C18H21FN4OS. The van der Waals surface area contributed by atoms with Crippen molar-refractivity contribution < 1.29 is 9.18 Å². The minimum absolute atomic E-state index is 0.00427. The Bertz CT molecular complexity index is 835. The average molecular weight is 360 g/mol. The lowest BCUT2D eigenvalue weighted by Crippen LogP contribution is -2.43. The van der Waals surface area contributed by atoms with Crippen molar-refractivity contribution in [2.75, 3.05) is 5.32 Å². The Balaban J connectivity index is 1.79. The van der Waals surface area contributed by atoms with E-state index >= 15 is 0 Å². The van der Waals surface area contributed by atoms with Gasteiger partial charge in [0.15, 0.2) is 11.6 Å². The second kappa shape index (κ2) is 6.38. The number of carbonyl (C=O) groups is 1. The van der Waals surface area contributed by atoms with E-state index in [0.29, 0.717) is 16.8 Å². The molecule has 7 heteroatoms. The van der Waals surface area contributed by atoms with Crippen molar-refractivity contribution in [3.05, 3.63) is 34.0 Å². The first kappa shape index (κ1) is 16.5. The number of anilines is 1. The third-order valence-electron chi connectivity index (χ3n) is 4.99. The van der Waals surface area contributed by atoms with E-state index in [1.165, 1.54) is 11.3 Å². The predicted octanol–water partition coefficient (Wildman–Crippen LogP) is 3.18. The van der Waals surface area contributed by atoms with Gasteiger partial charge in [0, 0.05) is 24.2 Å². The molecular weight excluding hydrogens is 339 g/mol. The van der Waals surface area contributed by atoms with Crippen LogP contribution in [0.25, 0.3) is 10.6 Å². The Morgan fingerprint density at radius 3 is 2.92 bits per heavy atom. The zero-order valence-electron chi connectivity index (χ0n) is 14.1. The molecule has 2 aliphatic rings. The van der Waals surface area contributed by atoms with Crippen LogP contribution in [0.15, 0.2) is 11.4 Å². The number of pyridine rings is 1. The zero-order valence-corrected chi connectivity index (χ0v) is 14.9. The lowest BCUT2D eigenvalue weighted by atomic mass is 9.91. The van der Waals surface area contributed by atoms with Crippen molar-refractivity contribution in [1.82, 2.24) is 10.3 Å². The van der Waals surface area contributed by atoms with Crippen molar-refractivity contribution in [3.63, 3.8) is 0 Å². The molecule has 1 aliphatic heterocycles. The summed E-state index contributed by atoms with van der Waals surface area (Å²) >= 11 is 1.51. The molecule has 4 N–H and O–H groups in total. The Morgan fingerprint density at radius 1 is 1.40 bits per heavy atom. The monoisotopic (exact) mass is 360 g/mol. The molecule has 5 nitrogen and oxygen atoms in total. The Hall–Kier alpha value is -1.99. The third kappa shape index (κ3) is 2.91. The van der Waals surface area contributed by atoms with Crippen molar-refractivity contribution in [1.29, 1.82) is 0 Å². The van der Waals surface area contributed by atoms with Crippen LogP contribution >= 0.6 is 11.3 Å². The molecule has 0 aromatic carbocycles. The summed E-state index contributed by atoms with van der Waals surface area (Å²) in [6.07, 6.45) is 4.03. The topological polar surface area (TPSA) is 80.0 Å². The van der Waals surface area contributed by atoms with Gasteiger partial charge in [0.05, 0.1) is 16.1 Å². The molecule has 1 aliphatic carbocycles. The van der Waals surface area contributed by atoms with Gasteiger partial charge in [-0.3, -0.25) is 4.79 Å². The Kier molecular flexibility index (Phi) is 4.21. The van der Waals surface area contributed by atoms with Crippen LogP contribution in [-0.2, 0) is 6.54 Å². The molecule has 0 radical (unpaired) electrons. The number of carbonyl (C=O) groups excluding carboxylic acids is 1. The number of nitrogens with zero attached hydrogens (tertiary/aromatic N) is 1. The van der Waals surface area contributed by atoms with Crippen molar-refractivity contribution in [2.24, 2.45) is 5.73 Å². The first-order valence-electron chi connectivity index (χ1n) is 8.63. The summed E-state index contributed by atoms with van der Waals surface area (Å²) < 4.78 is 15.0. The highest BCUT2D eigenvalue weighted by molar-refractivity contribution is 7.13. The van der Waals surface area contributed by atoms with Gasteiger partial charge in [-0.25, -0.2) is 9.37 Å². The quantitative estimate of drug-likeness (QED) is 0.785. The van der Waals surface area contributed by atoms with Crippen LogP contribution < -0.4 is 16.4 Å². The molecule has 0 spiro atoms. The van der Waals surface area contributed by atoms with Crippen LogP contribution in [0.3, 0.4) is 0 Å². The summed E-state index contributed by atoms with van der Waals surface area (Å²) in [4.78, 5) is 17.6. The predicted molar refractivity (Wildman–Crippen MR) is 97.3 cm³/mol. The Labute approximate surface area is 149 Å². The molecule has 2 aromatic heterocycles. The summed E-state index contributed by atoms with van der Waals surface area (Å²) in [5.74, 6) is -0.495. The smallest absolute Gasteiger partial charge is 0.254 e. The first-order valence-corrected chi connectivity index (χ1v) is 9.50. The van der Waals surface area contributed by atoms with E-state index in [4.69, 9.17) is 5.73 Å². The fraction of sp³-hybridized carbons (Fsp3) is 0.444. The molecule has 0 bridgehead atoms. The molecule has 2 aromatic rings. The van der Waals surface area contributed by atoms with Gasteiger partial charge in [-0.1, -0.05) is 12.8 Å². The van der Waals surface area contributed by atoms with E-state index in [0.717, 1.165) is 36.1 Å². The summed E-state index contributed by atoms with van der Waals surface area (Å²) in [5.41, 5.74) is 8.59. The van der Waals surface area contributed by atoms with Crippen LogP contribution in [0.4, 0.5) is 10.2 Å². The van der Waals surface area contributed by atoms with E-state index in [1.54, 1.807) is 0 Å². The fourth-order valence-corrected chi connectivity index (χ4v) is 4.52. The van der Waals surface area contributed by atoms with Crippen LogP contribution in [0.2, 0.25) is 0 Å². The van der Waals surface area contributed by atoms with E-state index in [9.17, 15) is 9.18 Å². The second-order valence-electron chi connectivity index (χ2n) is 6.85. The number of halogens is 1. The Morgan fingerprint density at radius 2 is 2.20 bits per heavy atom. The number of nitrogens with one attached hydrogen (secondary N) is 2. The summed E-state index contributed by atoms with van der Waals surface area (Å²) in [6, 6.07) is 1.99. The van der Waals surface area contributed by atoms with Crippen molar-refractivity contribution in [2.45, 2.75) is 51.2 Å². The van der Waals surface area contributed by atoms with Crippen LogP contribution in [0.5, 0.6) is 0 Å². The highest BCUT2D eigenvalue weighted by atomic mass is 32.1. The lowest BCUT2D eigenvalue weighted by Gasteiger charge is -2.30. The van der Waals surface area contributed by atoms with Crippen molar-refractivity contribution in [3.8, 4) is 10.6 Å². The summed E-state index contributed by atoms with van der Waals surface area (Å²) in [7, 11) is 0. The van der Waals surface area contributed by atoms with Gasteiger partial charge in [-0.2, -0.15) is 0 Å². The van der Waals surface area contributed by atoms with Gasteiger partial charge in [0.1, 0.15) is 0 Å². The minimum atomic E-state index is -0.442. The molecule has 3 heterocycles. The van der Waals surface area contributed by atoms with Gasteiger partial charge in [0.2, 0.25) is 0 Å². The molecule has 132 valence electrons. The molecule has 0 saturated heterocycles. The minimum Gasteiger partial charge on any atom is -0.363 e. The van der Waals surface area contributed by atoms with E-state index in [2.05, 4.69) is 15.6 Å². The SMILES string of the molecule is Cc1csc(-c2nc(NC3CCCCC3N)c(F)c3c2C(=O)NC3)c1. The maximum Gasteiger partial charge on any atom is 0.254 e. The van der Waals surface area contributed by atoms with Gasteiger partial charge >= 0.3 is 0 Å².